The van der Waals surface area contributed by atoms with Crippen LogP contribution in [0.1, 0.15) is 58.8 Å². The Hall–Kier alpha value is -0.0800. The van der Waals surface area contributed by atoms with Crippen LogP contribution in [-0.4, -0.2) is 36.1 Å². The summed E-state index contributed by atoms with van der Waals surface area (Å²) in [5, 5.41) is 3.66. The summed E-state index contributed by atoms with van der Waals surface area (Å²) >= 11 is 0. The standard InChI is InChI=1S/C14H28N2/c1-14(2)9-12-16(11-6-10-15-14)13-7-4-3-5-8-13/h13,15H,3-12H2,1-2H3. The first-order valence-electron chi connectivity index (χ1n) is 7.16. The van der Waals surface area contributed by atoms with Gasteiger partial charge in [0.1, 0.15) is 0 Å². The van der Waals surface area contributed by atoms with Gasteiger partial charge >= 0.3 is 0 Å². The van der Waals surface area contributed by atoms with E-state index in [-0.39, 0.29) is 0 Å². The van der Waals surface area contributed by atoms with Crippen molar-refractivity contribution < 1.29 is 0 Å². The van der Waals surface area contributed by atoms with E-state index in [0.717, 1.165) is 6.04 Å². The van der Waals surface area contributed by atoms with Crippen LogP contribution in [0, 0.1) is 0 Å². The summed E-state index contributed by atoms with van der Waals surface area (Å²) in [4.78, 5) is 2.78. The third-order valence-corrected chi connectivity index (χ3v) is 4.34. The number of rotatable bonds is 1. The minimum absolute atomic E-state index is 0.341. The molecule has 94 valence electrons. The first-order chi connectivity index (χ1) is 7.67. The van der Waals surface area contributed by atoms with Gasteiger partial charge in [0.15, 0.2) is 0 Å². The highest BCUT2D eigenvalue weighted by Crippen LogP contribution is 2.24. The first-order valence-corrected chi connectivity index (χ1v) is 7.16. The minimum atomic E-state index is 0.341. The summed E-state index contributed by atoms with van der Waals surface area (Å²) in [6.45, 7) is 8.49. The van der Waals surface area contributed by atoms with Crippen molar-refractivity contribution >= 4 is 0 Å². The van der Waals surface area contributed by atoms with E-state index in [1.54, 1.807) is 0 Å². The van der Waals surface area contributed by atoms with Gasteiger partial charge in [-0.15, -0.1) is 0 Å². The second kappa shape index (κ2) is 5.50. The molecular formula is C14H28N2. The van der Waals surface area contributed by atoms with Gasteiger partial charge in [-0.3, -0.25) is 0 Å². The summed E-state index contributed by atoms with van der Waals surface area (Å²) in [5.74, 6) is 0. The molecule has 2 fully saturated rings. The van der Waals surface area contributed by atoms with Gasteiger partial charge in [-0.1, -0.05) is 19.3 Å². The van der Waals surface area contributed by atoms with Gasteiger partial charge in [-0.25, -0.2) is 0 Å². The fourth-order valence-electron chi connectivity index (χ4n) is 3.14. The smallest absolute Gasteiger partial charge is 0.0137 e. The fourth-order valence-corrected chi connectivity index (χ4v) is 3.14. The molecule has 0 radical (unpaired) electrons. The molecule has 0 unspecified atom stereocenters. The monoisotopic (exact) mass is 224 g/mol. The number of nitrogens with one attached hydrogen (secondary N) is 1. The normalized spacial score (nSPS) is 29.6. The first kappa shape index (κ1) is 12.4. The molecule has 1 aliphatic carbocycles. The maximum Gasteiger partial charge on any atom is 0.0137 e. The highest BCUT2D eigenvalue weighted by molar-refractivity contribution is 4.84. The predicted molar refractivity (Wildman–Crippen MR) is 69.8 cm³/mol. The van der Waals surface area contributed by atoms with Gasteiger partial charge in [-0.05, 0) is 52.6 Å². The molecule has 16 heavy (non-hydrogen) atoms. The van der Waals surface area contributed by atoms with Crippen LogP contribution >= 0.6 is 0 Å². The molecule has 0 aromatic heterocycles. The van der Waals surface area contributed by atoms with Crippen LogP contribution in [0.2, 0.25) is 0 Å². The van der Waals surface area contributed by atoms with Gasteiger partial charge in [0.25, 0.3) is 0 Å². The zero-order chi connectivity index (χ0) is 11.4. The molecule has 0 aromatic rings. The molecule has 1 saturated heterocycles. The molecule has 1 saturated carbocycles. The van der Waals surface area contributed by atoms with E-state index in [1.807, 2.05) is 0 Å². The zero-order valence-corrected chi connectivity index (χ0v) is 11.1. The Morgan fingerprint density at radius 1 is 1.00 bits per heavy atom. The predicted octanol–water partition coefficient (Wildman–Crippen LogP) is 2.78. The van der Waals surface area contributed by atoms with E-state index < -0.39 is 0 Å². The largest absolute Gasteiger partial charge is 0.312 e. The maximum atomic E-state index is 3.66. The van der Waals surface area contributed by atoms with Crippen LogP contribution in [-0.2, 0) is 0 Å². The van der Waals surface area contributed by atoms with E-state index in [1.165, 1.54) is 64.6 Å². The quantitative estimate of drug-likeness (QED) is 0.737. The van der Waals surface area contributed by atoms with Crippen LogP contribution in [0.25, 0.3) is 0 Å². The Bertz CT molecular complexity index is 207. The van der Waals surface area contributed by atoms with Crippen molar-refractivity contribution in [1.29, 1.82) is 0 Å². The molecule has 0 amide bonds. The van der Waals surface area contributed by atoms with Gasteiger partial charge in [0.05, 0.1) is 0 Å². The molecule has 0 bridgehead atoms. The van der Waals surface area contributed by atoms with Crippen molar-refractivity contribution in [3.63, 3.8) is 0 Å². The van der Waals surface area contributed by atoms with Crippen LogP contribution in [0.15, 0.2) is 0 Å². The topological polar surface area (TPSA) is 15.3 Å². The second-order valence-electron chi connectivity index (χ2n) is 6.24. The Kier molecular flexibility index (Phi) is 4.26. The summed E-state index contributed by atoms with van der Waals surface area (Å²) in [7, 11) is 0. The molecule has 0 spiro atoms. The van der Waals surface area contributed by atoms with Crippen molar-refractivity contribution in [2.45, 2.75) is 70.4 Å². The van der Waals surface area contributed by atoms with E-state index in [4.69, 9.17) is 0 Å². The molecule has 1 aliphatic heterocycles. The van der Waals surface area contributed by atoms with Crippen LogP contribution < -0.4 is 5.32 Å². The highest BCUT2D eigenvalue weighted by Gasteiger charge is 2.25. The summed E-state index contributed by atoms with van der Waals surface area (Å²) in [5.41, 5.74) is 0.341. The number of hydrogen-bond acceptors (Lipinski definition) is 2. The SMILES string of the molecule is CC1(C)CCN(C2CCCCC2)CCCN1. The zero-order valence-electron chi connectivity index (χ0n) is 11.1. The molecule has 0 atom stereocenters. The Balaban J connectivity index is 1.87. The Labute approximate surface area is 101 Å². The van der Waals surface area contributed by atoms with E-state index >= 15 is 0 Å². The number of hydrogen-bond donors (Lipinski definition) is 1. The average Bonchev–Trinajstić information content (AvgIpc) is 2.26. The molecular weight excluding hydrogens is 196 g/mol. The molecule has 2 rings (SSSR count). The van der Waals surface area contributed by atoms with E-state index in [2.05, 4.69) is 24.1 Å². The third kappa shape index (κ3) is 3.46. The highest BCUT2D eigenvalue weighted by atomic mass is 15.2. The molecule has 1 N–H and O–H groups in total. The van der Waals surface area contributed by atoms with Crippen LogP contribution in [0.4, 0.5) is 0 Å². The lowest BCUT2D eigenvalue weighted by Crippen LogP contribution is -2.49. The Morgan fingerprint density at radius 2 is 1.75 bits per heavy atom. The van der Waals surface area contributed by atoms with Gasteiger partial charge < -0.3 is 10.2 Å². The maximum absolute atomic E-state index is 3.66. The van der Waals surface area contributed by atoms with Crippen molar-refractivity contribution in [3.8, 4) is 0 Å². The van der Waals surface area contributed by atoms with Crippen LogP contribution in [0.5, 0.6) is 0 Å². The van der Waals surface area contributed by atoms with E-state index in [9.17, 15) is 0 Å². The number of nitrogens with zero attached hydrogens (tertiary/aromatic N) is 1. The van der Waals surface area contributed by atoms with Crippen molar-refractivity contribution in [2.75, 3.05) is 19.6 Å². The molecule has 2 nitrogen and oxygen atoms in total. The molecule has 2 heteroatoms. The Morgan fingerprint density at radius 3 is 2.50 bits per heavy atom. The lowest BCUT2D eigenvalue weighted by Gasteiger charge is -2.39. The third-order valence-electron chi connectivity index (χ3n) is 4.34. The lowest BCUT2D eigenvalue weighted by molar-refractivity contribution is 0.126. The summed E-state index contributed by atoms with van der Waals surface area (Å²) in [6.07, 6.45) is 9.91. The van der Waals surface area contributed by atoms with Crippen molar-refractivity contribution in [2.24, 2.45) is 0 Å². The molecule has 2 aliphatic rings. The van der Waals surface area contributed by atoms with Gasteiger partial charge in [0.2, 0.25) is 0 Å². The van der Waals surface area contributed by atoms with E-state index in [0.29, 0.717) is 5.54 Å². The van der Waals surface area contributed by atoms with Crippen LogP contribution in [0.3, 0.4) is 0 Å². The van der Waals surface area contributed by atoms with Gasteiger partial charge in [0, 0.05) is 18.1 Å². The molecule has 0 aromatic carbocycles. The summed E-state index contributed by atoms with van der Waals surface area (Å²) < 4.78 is 0. The fraction of sp³-hybridized carbons (Fsp3) is 1.00. The average molecular weight is 224 g/mol. The minimum Gasteiger partial charge on any atom is -0.312 e. The second-order valence-corrected chi connectivity index (χ2v) is 6.24. The summed E-state index contributed by atoms with van der Waals surface area (Å²) in [6, 6.07) is 0.905. The van der Waals surface area contributed by atoms with Crippen molar-refractivity contribution in [1.82, 2.24) is 10.2 Å². The lowest BCUT2D eigenvalue weighted by atomic mass is 9.92. The molecule has 1 heterocycles. The van der Waals surface area contributed by atoms with Gasteiger partial charge in [-0.2, -0.15) is 0 Å². The van der Waals surface area contributed by atoms with Crippen molar-refractivity contribution in [3.05, 3.63) is 0 Å².